The van der Waals surface area contributed by atoms with Crippen LogP contribution in [0.2, 0.25) is 5.15 Å². The van der Waals surface area contributed by atoms with Crippen molar-refractivity contribution in [2.45, 2.75) is 0 Å². The molecule has 128 valence electrons. The van der Waals surface area contributed by atoms with Crippen LogP contribution in [0.4, 0.5) is 5.13 Å². The largest absolute Gasteiger partial charge is 0.497 e. The van der Waals surface area contributed by atoms with Gasteiger partial charge in [-0.05, 0) is 30.3 Å². The van der Waals surface area contributed by atoms with Crippen LogP contribution in [-0.4, -0.2) is 30.1 Å². The number of benzene rings is 1. The first-order chi connectivity index (χ1) is 12.1. The van der Waals surface area contributed by atoms with E-state index in [1.807, 2.05) is 17.5 Å². The number of thiazole rings is 1. The van der Waals surface area contributed by atoms with E-state index in [-0.39, 0.29) is 11.1 Å². The Balaban J connectivity index is 1.86. The minimum atomic E-state index is -0.364. The van der Waals surface area contributed by atoms with Crippen LogP contribution in [0.3, 0.4) is 0 Å². The fourth-order valence-corrected chi connectivity index (χ4v) is 3.10. The molecule has 0 saturated heterocycles. The summed E-state index contributed by atoms with van der Waals surface area (Å²) >= 11 is 7.24. The molecule has 2 aromatic heterocycles. The lowest BCUT2D eigenvalue weighted by Crippen LogP contribution is -2.12. The van der Waals surface area contributed by atoms with Gasteiger partial charge in [-0.15, -0.1) is 11.3 Å². The summed E-state index contributed by atoms with van der Waals surface area (Å²) in [6.45, 7) is 0. The fraction of sp³-hybridized carbons (Fsp3) is 0.118. The van der Waals surface area contributed by atoms with Crippen molar-refractivity contribution in [3.63, 3.8) is 0 Å². The number of carbonyl (C=O) groups excluding carboxylic acids is 1. The Morgan fingerprint density at radius 3 is 2.80 bits per heavy atom. The van der Waals surface area contributed by atoms with Crippen molar-refractivity contribution in [1.29, 1.82) is 0 Å². The topological polar surface area (TPSA) is 73.3 Å². The zero-order chi connectivity index (χ0) is 17.8. The van der Waals surface area contributed by atoms with E-state index in [0.29, 0.717) is 27.9 Å². The summed E-state index contributed by atoms with van der Waals surface area (Å²) in [5, 5.41) is 5.15. The number of methoxy groups -OCH3 is 2. The molecule has 0 aliphatic rings. The maximum absolute atomic E-state index is 12.3. The Labute approximate surface area is 153 Å². The van der Waals surface area contributed by atoms with Crippen molar-refractivity contribution in [3.05, 3.63) is 52.6 Å². The van der Waals surface area contributed by atoms with Gasteiger partial charge in [0.05, 0.1) is 25.5 Å². The van der Waals surface area contributed by atoms with Crippen LogP contribution in [0.15, 0.2) is 41.9 Å². The maximum atomic E-state index is 12.3. The van der Waals surface area contributed by atoms with Gasteiger partial charge in [0.15, 0.2) is 5.13 Å². The molecule has 2 heterocycles. The Bertz CT molecular complexity index is 914. The summed E-state index contributed by atoms with van der Waals surface area (Å²) in [6.07, 6.45) is 1.52. The third kappa shape index (κ3) is 3.72. The van der Waals surface area contributed by atoms with E-state index in [1.165, 1.54) is 17.5 Å². The molecule has 0 saturated carbocycles. The summed E-state index contributed by atoms with van der Waals surface area (Å²) in [6, 6.07) is 8.69. The lowest BCUT2D eigenvalue weighted by molar-refractivity contribution is 0.102. The second kappa shape index (κ2) is 7.50. The molecule has 3 rings (SSSR count). The molecule has 8 heteroatoms. The Morgan fingerprint density at radius 2 is 2.08 bits per heavy atom. The molecule has 1 amide bonds. The number of amides is 1. The number of hydrogen-bond acceptors (Lipinski definition) is 6. The van der Waals surface area contributed by atoms with Gasteiger partial charge >= 0.3 is 0 Å². The lowest BCUT2D eigenvalue weighted by atomic mass is 10.1. The molecule has 1 N–H and O–H groups in total. The van der Waals surface area contributed by atoms with Gasteiger partial charge in [-0.25, -0.2) is 9.97 Å². The average molecular weight is 376 g/mol. The Hall–Kier alpha value is -2.64. The molecule has 6 nitrogen and oxygen atoms in total. The molecule has 0 unspecified atom stereocenters. The Kier molecular flexibility index (Phi) is 5.16. The normalized spacial score (nSPS) is 10.4. The number of ether oxygens (including phenoxy) is 2. The lowest BCUT2D eigenvalue weighted by Gasteiger charge is -2.08. The summed E-state index contributed by atoms with van der Waals surface area (Å²) in [5.41, 5.74) is 1.74. The third-order valence-electron chi connectivity index (χ3n) is 3.41. The third-order valence-corrected chi connectivity index (χ3v) is 4.47. The van der Waals surface area contributed by atoms with Gasteiger partial charge in [-0.1, -0.05) is 11.6 Å². The van der Waals surface area contributed by atoms with Gasteiger partial charge < -0.3 is 9.47 Å². The van der Waals surface area contributed by atoms with Crippen LogP contribution in [0.5, 0.6) is 11.5 Å². The molecular formula is C17H14ClN3O3S. The monoisotopic (exact) mass is 375 g/mol. The molecule has 0 radical (unpaired) electrons. The van der Waals surface area contributed by atoms with Crippen molar-refractivity contribution in [3.8, 4) is 22.8 Å². The summed E-state index contributed by atoms with van der Waals surface area (Å²) < 4.78 is 10.6. The molecule has 0 fully saturated rings. The SMILES string of the molecule is COc1ccc(OC)c(-c2csc(NC(=O)c3cccnc3Cl)n2)c1. The van der Waals surface area contributed by atoms with E-state index < -0.39 is 0 Å². The molecule has 0 spiro atoms. The summed E-state index contributed by atoms with van der Waals surface area (Å²) in [7, 11) is 3.18. The molecule has 0 atom stereocenters. The molecular weight excluding hydrogens is 362 g/mol. The fourth-order valence-electron chi connectivity index (χ4n) is 2.19. The van der Waals surface area contributed by atoms with E-state index in [4.69, 9.17) is 21.1 Å². The predicted octanol–water partition coefficient (Wildman–Crippen LogP) is 4.13. The molecule has 1 aromatic carbocycles. The number of anilines is 1. The zero-order valence-corrected chi connectivity index (χ0v) is 15.0. The van der Waals surface area contributed by atoms with Gasteiger partial charge in [-0.3, -0.25) is 10.1 Å². The van der Waals surface area contributed by atoms with Crippen LogP contribution in [0.25, 0.3) is 11.3 Å². The second-order valence-electron chi connectivity index (χ2n) is 4.90. The van der Waals surface area contributed by atoms with E-state index >= 15 is 0 Å². The van der Waals surface area contributed by atoms with Crippen LogP contribution >= 0.6 is 22.9 Å². The standard InChI is InChI=1S/C17H14ClN3O3S/c1-23-10-5-6-14(24-2)12(8-10)13-9-25-17(20-13)21-16(22)11-4-3-7-19-15(11)18/h3-9H,1-2H3,(H,20,21,22). The van der Waals surface area contributed by atoms with Crippen LogP contribution in [0, 0.1) is 0 Å². The first-order valence-electron chi connectivity index (χ1n) is 7.22. The molecule has 0 bridgehead atoms. The van der Waals surface area contributed by atoms with Gasteiger partial charge in [-0.2, -0.15) is 0 Å². The quantitative estimate of drug-likeness (QED) is 0.679. The minimum absolute atomic E-state index is 0.145. The molecule has 0 aliphatic heterocycles. The van der Waals surface area contributed by atoms with E-state index in [9.17, 15) is 4.79 Å². The first kappa shape index (κ1) is 17.2. The summed E-state index contributed by atoms with van der Waals surface area (Å²) in [5.74, 6) is 0.993. The molecule has 3 aromatic rings. The Morgan fingerprint density at radius 1 is 1.24 bits per heavy atom. The predicted molar refractivity (Wildman–Crippen MR) is 97.9 cm³/mol. The smallest absolute Gasteiger partial charge is 0.260 e. The van der Waals surface area contributed by atoms with Crippen molar-refractivity contribution >= 4 is 34.0 Å². The van der Waals surface area contributed by atoms with E-state index in [1.54, 1.807) is 32.4 Å². The number of carbonyl (C=O) groups is 1. The summed E-state index contributed by atoms with van der Waals surface area (Å²) in [4.78, 5) is 20.6. The van der Waals surface area contributed by atoms with Crippen molar-refractivity contribution in [1.82, 2.24) is 9.97 Å². The maximum Gasteiger partial charge on any atom is 0.260 e. The van der Waals surface area contributed by atoms with E-state index in [2.05, 4.69) is 15.3 Å². The highest BCUT2D eigenvalue weighted by atomic mass is 35.5. The molecule has 0 aliphatic carbocycles. The van der Waals surface area contributed by atoms with Gasteiger partial charge in [0.1, 0.15) is 16.7 Å². The molecule has 25 heavy (non-hydrogen) atoms. The van der Waals surface area contributed by atoms with E-state index in [0.717, 1.165) is 5.56 Å². The van der Waals surface area contributed by atoms with Gasteiger partial charge in [0.2, 0.25) is 0 Å². The highest BCUT2D eigenvalue weighted by molar-refractivity contribution is 7.14. The van der Waals surface area contributed by atoms with Crippen LogP contribution < -0.4 is 14.8 Å². The number of nitrogens with one attached hydrogen (secondary N) is 1. The average Bonchev–Trinajstić information content (AvgIpc) is 3.09. The van der Waals surface area contributed by atoms with Gasteiger partial charge in [0.25, 0.3) is 5.91 Å². The number of rotatable bonds is 5. The minimum Gasteiger partial charge on any atom is -0.497 e. The zero-order valence-electron chi connectivity index (χ0n) is 13.4. The van der Waals surface area contributed by atoms with Crippen LogP contribution in [0.1, 0.15) is 10.4 Å². The number of nitrogens with zero attached hydrogens (tertiary/aromatic N) is 2. The number of aromatic nitrogens is 2. The number of halogens is 1. The highest BCUT2D eigenvalue weighted by Gasteiger charge is 2.15. The van der Waals surface area contributed by atoms with Crippen molar-refractivity contribution in [2.75, 3.05) is 19.5 Å². The number of pyridine rings is 1. The highest BCUT2D eigenvalue weighted by Crippen LogP contribution is 2.35. The van der Waals surface area contributed by atoms with Crippen LogP contribution in [-0.2, 0) is 0 Å². The number of hydrogen-bond donors (Lipinski definition) is 1. The van der Waals surface area contributed by atoms with Crippen molar-refractivity contribution < 1.29 is 14.3 Å². The first-order valence-corrected chi connectivity index (χ1v) is 8.48. The second-order valence-corrected chi connectivity index (χ2v) is 6.12. The van der Waals surface area contributed by atoms with Crippen molar-refractivity contribution in [2.24, 2.45) is 0 Å². The van der Waals surface area contributed by atoms with Gasteiger partial charge in [0, 0.05) is 17.1 Å².